The Bertz CT molecular complexity index is 1580. The molecule has 3 aromatic carbocycles. The molecule has 276 valence electrons. The summed E-state index contributed by atoms with van der Waals surface area (Å²) in [5.74, 6) is -0.429. The number of halogens is 2. The van der Waals surface area contributed by atoms with Crippen molar-refractivity contribution in [3.8, 4) is 11.5 Å². The van der Waals surface area contributed by atoms with Gasteiger partial charge in [0, 0.05) is 57.1 Å². The standard InChI is InChI=1S/C41H52F2N2O6/c1-4-6-22-49-39(50-23-7-5-2)30-16-20-44(21-17-30)35-27-36(47-3)31(26-33(35)43)38-41(18-24-48-25-19-41)40(46)45(38)34-15-11-14-32(42)37(34)51-28-29-12-9-8-10-13-29/h8-15,26-27,30,38-39H,4-7,16-25,28H2,1-3H3. The van der Waals surface area contributed by atoms with Crippen molar-refractivity contribution in [2.75, 3.05) is 56.4 Å². The van der Waals surface area contributed by atoms with Crippen molar-refractivity contribution in [3.05, 3.63) is 83.4 Å². The van der Waals surface area contributed by atoms with Crippen LogP contribution in [0.25, 0.3) is 0 Å². The molecule has 3 fully saturated rings. The van der Waals surface area contributed by atoms with Crippen LogP contribution in [0.1, 0.15) is 82.4 Å². The van der Waals surface area contributed by atoms with Crippen LogP contribution >= 0.6 is 0 Å². The van der Waals surface area contributed by atoms with Gasteiger partial charge < -0.3 is 28.6 Å². The van der Waals surface area contributed by atoms with Gasteiger partial charge in [-0.05, 0) is 62.3 Å². The number of unbranched alkanes of at least 4 members (excludes halogenated alkanes) is 2. The third kappa shape index (κ3) is 7.88. The molecule has 10 heteroatoms. The van der Waals surface area contributed by atoms with E-state index in [-0.39, 0.29) is 36.3 Å². The molecule has 1 spiro atoms. The monoisotopic (exact) mass is 706 g/mol. The van der Waals surface area contributed by atoms with Crippen molar-refractivity contribution in [1.29, 1.82) is 0 Å². The van der Waals surface area contributed by atoms with Crippen molar-refractivity contribution < 1.29 is 37.3 Å². The molecule has 0 radical (unpaired) electrons. The summed E-state index contributed by atoms with van der Waals surface area (Å²) in [6.45, 7) is 7.86. The number of piperidine rings is 1. The van der Waals surface area contributed by atoms with E-state index in [2.05, 4.69) is 18.7 Å². The number of ether oxygens (including phenoxy) is 5. The number of β-lactam (4-membered cyclic amide) rings is 1. The molecular weight excluding hydrogens is 654 g/mol. The Hall–Kier alpha value is -3.73. The first-order valence-electron chi connectivity index (χ1n) is 18.6. The summed E-state index contributed by atoms with van der Waals surface area (Å²) in [7, 11) is 1.57. The Morgan fingerprint density at radius 1 is 0.882 bits per heavy atom. The zero-order valence-electron chi connectivity index (χ0n) is 30.2. The SMILES string of the molecule is CCCCOC(OCCCC)C1CCN(c2cc(OC)c(C3N(c4cccc(F)c4OCc4ccccc4)C(=O)C34CCOCC4)cc2F)CC1. The maximum Gasteiger partial charge on any atom is 0.236 e. The second-order valence-electron chi connectivity index (χ2n) is 13.9. The van der Waals surface area contributed by atoms with Gasteiger partial charge in [0.2, 0.25) is 5.91 Å². The molecule has 3 heterocycles. The molecule has 6 rings (SSSR count). The van der Waals surface area contributed by atoms with Crippen LogP contribution in [0.3, 0.4) is 0 Å². The summed E-state index contributed by atoms with van der Waals surface area (Å²) in [6, 6.07) is 16.7. The van der Waals surface area contributed by atoms with E-state index in [0.717, 1.165) is 44.1 Å². The van der Waals surface area contributed by atoms with Crippen LogP contribution in [0.2, 0.25) is 0 Å². The van der Waals surface area contributed by atoms with Gasteiger partial charge in [-0.15, -0.1) is 0 Å². The van der Waals surface area contributed by atoms with Crippen LogP contribution in [-0.2, 0) is 25.6 Å². The molecule has 0 aliphatic carbocycles. The van der Waals surface area contributed by atoms with Crippen molar-refractivity contribution in [1.82, 2.24) is 0 Å². The Morgan fingerprint density at radius 2 is 1.57 bits per heavy atom. The molecule has 3 saturated heterocycles. The molecule has 3 aliphatic heterocycles. The number of methoxy groups -OCH3 is 1. The number of nitrogens with zero attached hydrogens (tertiary/aromatic N) is 2. The summed E-state index contributed by atoms with van der Waals surface area (Å²) in [4.78, 5) is 17.9. The lowest BCUT2D eigenvalue weighted by molar-refractivity contribution is -0.177. The van der Waals surface area contributed by atoms with Gasteiger partial charge in [0.1, 0.15) is 18.2 Å². The number of hydrogen-bond acceptors (Lipinski definition) is 7. The number of carbonyl (C=O) groups excluding carboxylic acids is 1. The predicted molar refractivity (Wildman–Crippen MR) is 193 cm³/mol. The Labute approximate surface area is 301 Å². The molecule has 0 saturated carbocycles. The average molecular weight is 707 g/mol. The molecule has 3 aliphatic rings. The van der Waals surface area contributed by atoms with E-state index in [1.165, 1.54) is 12.1 Å². The van der Waals surface area contributed by atoms with Crippen molar-refractivity contribution in [2.24, 2.45) is 11.3 Å². The van der Waals surface area contributed by atoms with Gasteiger partial charge in [0.25, 0.3) is 0 Å². The lowest BCUT2D eigenvalue weighted by Crippen LogP contribution is -2.65. The molecule has 1 amide bonds. The molecule has 51 heavy (non-hydrogen) atoms. The lowest BCUT2D eigenvalue weighted by Gasteiger charge is -2.58. The first kappa shape index (κ1) is 37.0. The number of benzene rings is 3. The number of para-hydroxylation sites is 1. The molecule has 3 aromatic rings. The maximum atomic E-state index is 16.4. The van der Waals surface area contributed by atoms with E-state index in [4.69, 9.17) is 23.7 Å². The van der Waals surface area contributed by atoms with Crippen LogP contribution < -0.4 is 19.3 Å². The van der Waals surface area contributed by atoms with E-state index in [0.29, 0.717) is 75.0 Å². The largest absolute Gasteiger partial charge is 0.496 e. The van der Waals surface area contributed by atoms with E-state index in [9.17, 15) is 4.79 Å². The predicted octanol–water partition coefficient (Wildman–Crippen LogP) is 8.61. The summed E-state index contributed by atoms with van der Waals surface area (Å²) in [5.41, 5.74) is 1.34. The van der Waals surface area contributed by atoms with Crippen molar-refractivity contribution in [3.63, 3.8) is 0 Å². The summed E-state index contributed by atoms with van der Waals surface area (Å²) in [6.07, 6.45) is 6.39. The topological polar surface area (TPSA) is 69.7 Å². The molecule has 0 aromatic heterocycles. The Kier molecular flexibility index (Phi) is 12.5. The fourth-order valence-electron chi connectivity index (χ4n) is 7.73. The number of rotatable bonds is 16. The van der Waals surface area contributed by atoms with Crippen LogP contribution in [0.15, 0.2) is 60.7 Å². The van der Waals surface area contributed by atoms with Crippen LogP contribution in [0.4, 0.5) is 20.2 Å². The van der Waals surface area contributed by atoms with E-state index < -0.39 is 17.3 Å². The van der Waals surface area contributed by atoms with Gasteiger partial charge >= 0.3 is 0 Å². The number of hydrogen-bond donors (Lipinski definition) is 0. The lowest BCUT2D eigenvalue weighted by atomic mass is 9.62. The van der Waals surface area contributed by atoms with E-state index >= 15 is 8.78 Å². The Morgan fingerprint density at radius 3 is 2.22 bits per heavy atom. The third-order valence-electron chi connectivity index (χ3n) is 10.7. The van der Waals surface area contributed by atoms with Gasteiger partial charge in [-0.1, -0.05) is 63.1 Å². The molecule has 1 atom stereocenters. The minimum atomic E-state index is -0.842. The minimum absolute atomic E-state index is 0.0174. The van der Waals surface area contributed by atoms with Crippen LogP contribution in [0.5, 0.6) is 11.5 Å². The normalized spacial score (nSPS) is 19.1. The molecule has 8 nitrogen and oxygen atoms in total. The van der Waals surface area contributed by atoms with Gasteiger partial charge in [-0.3, -0.25) is 9.69 Å². The van der Waals surface area contributed by atoms with Gasteiger partial charge in [0.15, 0.2) is 17.9 Å². The molecular formula is C41H52F2N2O6. The Balaban J connectivity index is 1.27. The fraction of sp³-hybridized carbons (Fsp3) is 0.537. The molecule has 0 N–H and O–H groups in total. The average Bonchev–Trinajstić information content (AvgIpc) is 3.16. The van der Waals surface area contributed by atoms with Gasteiger partial charge in [-0.25, -0.2) is 8.78 Å². The minimum Gasteiger partial charge on any atom is -0.496 e. The second-order valence-corrected chi connectivity index (χ2v) is 13.9. The summed E-state index contributed by atoms with van der Waals surface area (Å²) < 4.78 is 62.0. The smallest absolute Gasteiger partial charge is 0.236 e. The second kappa shape index (κ2) is 17.2. The van der Waals surface area contributed by atoms with Crippen molar-refractivity contribution >= 4 is 17.3 Å². The van der Waals surface area contributed by atoms with Gasteiger partial charge in [0.05, 0.1) is 29.9 Å². The van der Waals surface area contributed by atoms with Crippen molar-refractivity contribution in [2.45, 2.75) is 84.2 Å². The fourth-order valence-corrected chi connectivity index (χ4v) is 7.73. The highest BCUT2D eigenvalue weighted by molar-refractivity contribution is 6.07. The maximum absolute atomic E-state index is 16.4. The number of amides is 1. The van der Waals surface area contributed by atoms with Gasteiger partial charge in [-0.2, -0.15) is 0 Å². The zero-order valence-corrected chi connectivity index (χ0v) is 30.2. The molecule has 1 unspecified atom stereocenters. The summed E-state index contributed by atoms with van der Waals surface area (Å²) in [5, 5.41) is 0. The number of carbonyl (C=O) groups is 1. The number of anilines is 2. The van der Waals surface area contributed by atoms with E-state index in [1.54, 1.807) is 30.2 Å². The first-order valence-corrected chi connectivity index (χ1v) is 18.6. The highest BCUT2D eigenvalue weighted by Crippen LogP contribution is 2.60. The zero-order chi connectivity index (χ0) is 35.8. The highest BCUT2D eigenvalue weighted by Gasteiger charge is 2.63. The summed E-state index contributed by atoms with van der Waals surface area (Å²) >= 11 is 0. The molecule has 0 bridgehead atoms. The third-order valence-corrected chi connectivity index (χ3v) is 10.7. The highest BCUT2D eigenvalue weighted by atomic mass is 19.1. The van der Waals surface area contributed by atoms with E-state index in [1.807, 2.05) is 30.3 Å². The quantitative estimate of drug-likeness (QED) is 0.0840. The van der Waals surface area contributed by atoms with Crippen LogP contribution in [-0.4, -0.2) is 58.8 Å². The van der Waals surface area contributed by atoms with Crippen LogP contribution in [0, 0.1) is 23.0 Å². The first-order chi connectivity index (χ1) is 24.9.